The average Bonchev–Trinajstić information content (AvgIpc) is 3.59. The Kier molecular flexibility index (Phi) is 7.06. The fraction of sp³-hybridized carbons (Fsp3) is 0.194. The number of benzene rings is 3. The summed E-state index contributed by atoms with van der Waals surface area (Å²) in [5, 5.41) is 19.0. The molecule has 1 saturated heterocycles. The van der Waals surface area contributed by atoms with Crippen LogP contribution in [-0.2, 0) is 0 Å². The molecule has 3 heterocycles. The van der Waals surface area contributed by atoms with Gasteiger partial charge in [-0.3, -0.25) is 14.9 Å². The first-order valence-corrected chi connectivity index (χ1v) is 14.1. The van der Waals surface area contributed by atoms with E-state index in [0.717, 1.165) is 53.9 Å². The third-order valence-corrected chi connectivity index (χ3v) is 8.03. The lowest BCUT2D eigenvalue weighted by Crippen LogP contribution is -2.35. The van der Waals surface area contributed by atoms with Crippen LogP contribution in [0.1, 0.15) is 39.3 Å². The highest BCUT2D eigenvalue weighted by Crippen LogP contribution is 2.26. The topological polar surface area (TPSA) is 99.5 Å². The molecular weight excluding hydrogens is 522 g/mol. The molecule has 5 aromatic rings. The largest absolute Gasteiger partial charge is 0.393 e. The van der Waals surface area contributed by atoms with Crippen molar-refractivity contribution in [1.29, 1.82) is 0 Å². The Morgan fingerprint density at radius 3 is 2.17 bits per heavy atom. The van der Waals surface area contributed by atoms with Crippen LogP contribution in [0.3, 0.4) is 0 Å². The summed E-state index contributed by atoms with van der Waals surface area (Å²) in [6.07, 6.45) is 3.29. The predicted molar refractivity (Wildman–Crippen MR) is 160 cm³/mol. The molecule has 0 aliphatic carbocycles. The van der Waals surface area contributed by atoms with Gasteiger partial charge < -0.3 is 19.9 Å². The Hall–Kier alpha value is -4.47. The van der Waals surface area contributed by atoms with Crippen LogP contribution < -0.4 is 15.5 Å². The van der Waals surface area contributed by atoms with Crippen LogP contribution in [-0.4, -0.2) is 45.7 Å². The first-order chi connectivity index (χ1) is 19.4. The van der Waals surface area contributed by atoms with Crippen molar-refractivity contribution in [2.45, 2.75) is 25.9 Å². The minimum absolute atomic E-state index is 0.166. The van der Waals surface area contributed by atoms with Gasteiger partial charge in [0.2, 0.25) is 0 Å². The van der Waals surface area contributed by atoms with E-state index in [9.17, 15) is 14.7 Å². The zero-order chi connectivity index (χ0) is 27.6. The number of thiazole rings is 1. The molecule has 1 aliphatic rings. The van der Waals surface area contributed by atoms with Crippen LogP contribution in [0.4, 0.5) is 16.5 Å². The number of rotatable bonds is 6. The second-order valence-electron chi connectivity index (χ2n) is 9.97. The summed E-state index contributed by atoms with van der Waals surface area (Å²) in [6, 6.07) is 22.8. The minimum Gasteiger partial charge on any atom is -0.393 e. The number of aryl methyl sites for hydroxylation is 1. The van der Waals surface area contributed by atoms with E-state index in [1.165, 1.54) is 11.3 Å². The van der Waals surface area contributed by atoms with Crippen molar-refractivity contribution >= 4 is 50.6 Å². The van der Waals surface area contributed by atoms with Gasteiger partial charge in [-0.2, -0.15) is 0 Å². The van der Waals surface area contributed by atoms with E-state index in [4.69, 9.17) is 0 Å². The van der Waals surface area contributed by atoms with E-state index in [-0.39, 0.29) is 17.9 Å². The summed E-state index contributed by atoms with van der Waals surface area (Å²) >= 11 is 1.40. The van der Waals surface area contributed by atoms with Gasteiger partial charge in [0.25, 0.3) is 11.8 Å². The second kappa shape index (κ2) is 11.0. The van der Waals surface area contributed by atoms with E-state index in [1.807, 2.05) is 83.7 Å². The average molecular weight is 552 g/mol. The maximum absolute atomic E-state index is 12.9. The number of nitrogens with zero attached hydrogens (tertiary/aromatic N) is 3. The highest BCUT2D eigenvalue weighted by molar-refractivity contribution is 7.13. The molecule has 1 fully saturated rings. The van der Waals surface area contributed by atoms with Crippen molar-refractivity contribution in [3.8, 4) is 5.69 Å². The number of aliphatic hydroxyl groups excluding tert-OH is 1. The van der Waals surface area contributed by atoms with Crippen LogP contribution in [0, 0.1) is 6.92 Å². The summed E-state index contributed by atoms with van der Waals surface area (Å²) in [5.41, 5.74) is 5.72. The van der Waals surface area contributed by atoms with Crippen LogP contribution in [0.2, 0.25) is 0 Å². The number of fused-ring (bicyclic) bond motifs is 1. The molecule has 6 rings (SSSR count). The Morgan fingerprint density at radius 2 is 1.52 bits per heavy atom. The van der Waals surface area contributed by atoms with Crippen molar-refractivity contribution in [3.05, 3.63) is 101 Å². The second-order valence-corrected chi connectivity index (χ2v) is 10.8. The molecule has 0 radical (unpaired) electrons. The molecule has 8 nitrogen and oxygen atoms in total. The van der Waals surface area contributed by atoms with Crippen LogP contribution in [0.5, 0.6) is 0 Å². The summed E-state index contributed by atoms with van der Waals surface area (Å²) in [6.45, 7) is 3.53. The zero-order valence-corrected chi connectivity index (χ0v) is 22.8. The fourth-order valence-corrected chi connectivity index (χ4v) is 5.63. The smallest absolute Gasteiger partial charge is 0.257 e. The van der Waals surface area contributed by atoms with Crippen molar-refractivity contribution < 1.29 is 14.7 Å². The van der Waals surface area contributed by atoms with Gasteiger partial charge in [0, 0.05) is 58.2 Å². The van der Waals surface area contributed by atoms with Gasteiger partial charge >= 0.3 is 0 Å². The van der Waals surface area contributed by atoms with Gasteiger partial charge in [-0.05, 0) is 92.6 Å². The lowest BCUT2D eigenvalue weighted by atomic mass is 10.1. The third kappa shape index (κ3) is 5.47. The summed E-state index contributed by atoms with van der Waals surface area (Å²) in [7, 11) is 0. The number of aliphatic hydroxyl groups is 1. The van der Waals surface area contributed by atoms with Crippen LogP contribution >= 0.6 is 11.3 Å². The Labute approximate surface area is 235 Å². The number of carbonyl (C=O) groups is 2. The highest BCUT2D eigenvalue weighted by Gasteiger charge is 2.18. The van der Waals surface area contributed by atoms with Crippen LogP contribution in [0.25, 0.3) is 16.6 Å². The van der Waals surface area contributed by atoms with Crippen molar-refractivity contribution in [1.82, 2.24) is 9.55 Å². The number of amides is 2. The molecule has 3 N–H and O–H groups in total. The molecule has 0 spiro atoms. The Morgan fingerprint density at radius 1 is 0.875 bits per heavy atom. The van der Waals surface area contributed by atoms with E-state index < -0.39 is 0 Å². The standard InChI is InChI=1S/C31H29N5O3S/c1-20-19-40-31(32-20)34-30(39)22-4-9-26(10-5-22)36-17-12-23-18-24(6-11-28(23)36)33-29(38)21-2-7-25(8-3-21)35-15-13-27(37)14-16-35/h2-12,17-19,27,37H,13-16H2,1H3,(H,33,38)(H,32,34,39). The minimum atomic E-state index is -0.214. The molecule has 40 heavy (non-hydrogen) atoms. The molecule has 1 aliphatic heterocycles. The number of hydrogen-bond donors (Lipinski definition) is 3. The lowest BCUT2D eigenvalue weighted by Gasteiger charge is -2.31. The first kappa shape index (κ1) is 25.8. The van der Waals surface area contributed by atoms with E-state index >= 15 is 0 Å². The number of aromatic nitrogens is 2. The van der Waals surface area contributed by atoms with E-state index in [1.54, 1.807) is 12.1 Å². The van der Waals surface area contributed by atoms with E-state index in [0.29, 0.717) is 21.9 Å². The van der Waals surface area contributed by atoms with Gasteiger partial charge in [-0.25, -0.2) is 4.98 Å². The van der Waals surface area contributed by atoms with Gasteiger partial charge in [0.1, 0.15) is 0 Å². The fourth-order valence-electron chi connectivity index (χ4n) is 4.95. The Balaban J connectivity index is 1.12. The van der Waals surface area contributed by atoms with Crippen LogP contribution in [0.15, 0.2) is 84.4 Å². The quantitative estimate of drug-likeness (QED) is 0.245. The van der Waals surface area contributed by atoms with Gasteiger partial charge in [-0.1, -0.05) is 0 Å². The maximum atomic E-state index is 12.9. The molecule has 0 atom stereocenters. The van der Waals surface area contributed by atoms with Gasteiger partial charge in [-0.15, -0.1) is 11.3 Å². The molecule has 9 heteroatoms. The zero-order valence-electron chi connectivity index (χ0n) is 22.0. The number of carbonyl (C=O) groups excluding carboxylic acids is 2. The number of anilines is 3. The van der Waals surface area contributed by atoms with Gasteiger partial charge in [0.15, 0.2) is 5.13 Å². The number of piperidine rings is 1. The number of hydrogen-bond acceptors (Lipinski definition) is 6. The molecule has 0 unspecified atom stereocenters. The van der Waals surface area contributed by atoms with Crippen molar-refractivity contribution in [2.75, 3.05) is 28.6 Å². The van der Waals surface area contributed by atoms with E-state index in [2.05, 4.69) is 20.5 Å². The third-order valence-electron chi connectivity index (χ3n) is 7.15. The molecule has 0 saturated carbocycles. The highest BCUT2D eigenvalue weighted by atomic mass is 32.1. The Bertz CT molecular complexity index is 1670. The molecule has 3 aromatic carbocycles. The number of nitrogens with one attached hydrogen (secondary N) is 2. The monoisotopic (exact) mass is 551 g/mol. The molecule has 2 aromatic heterocycles. The predicted octanol–water partition coefficient (Wildman–Crippen LogP) is 5.86. The van der Waals surface area contributed by atoms with Crippen molar-refractivity contribution in [3.63, 3.8) is 0 Å². The molecule has 0 bridgehead atoms. The lowest BCUT2D eigenvalue weighted by molar-refractivity contribution is 0.101. The summed E-state index contributed by atoms with van der Waals surface area (Å²) in [5.74, 6) is -0.360. The molecule has 2 amide bonds. The summed E-state index contributed by atoms with van der Waals surface area (Å²) in [4.78, 5) is 32.0. The first-order valence-electron chi connectivity index (χ1n) is 13.2. The molecule has 202 valence electrons. The van der Waals surface area contributed by atoms with Gasteiger partial charge in [0.05, 0.1) is 17.3 Å². The SMILES string of the molecule is Cc1csc(NC(=O)c2ccc(-n3ccc4cc(NC(=O)c5ccc(N6CCC(O)CC6)cc5)ccc43)cc2)n1. The van der Waals surface area contributed by atoms with Crippen molar-refractivity contribution in [2.24, 2.45) is 0 Å². The molecular formula is C31H29N5O3S. The normalized spacial score (nSPS) is 13.9. The summed E-state index contributed by atoms with van der Waals surface area (Å²) < 4.78 is 2.05. The maximum Gasteiger partial charge on any atom is 0.257 e.